The van der Waals surface area contributed by atoms with Crippen LogP contribution in [-0.4, -0.2) is 37.7 Å². The number of fused-ring (bicyclic) bond motifs is 3. The minimum Gasteiger partial charge on any atom is -0.493 e. The third-order valence-electron chi connectivity index (χ3n) is 5.97. The normalized spacial score (nSPS) is 24.0. The Hall–Kier alpha value is -2.04. The number of hydrogen-bond donors (Lipinski definition) is 1. The number of aryl methyl sites for hydroxylation is 1. The molecule has 1 unspecified atom stereocenters. The summed E-state index contributed by atoms with van der Waals surface area (Å²) in [5, 5.41) is 3.77. The molecule has 1 atom stereocenters. The van der Waals surface area contributed by atoms with Crippen molar-refractivity contribution in [1.29, 1.82) is 0 Å². The Morgan fingerprint density at radius 2 is 1.74 bits per heavy atom. The van der Waals surface area contributed by atoms with Crippen molar-refractivity contribution in [1.82, 2.24) is 10.2 Å². The van der Waals surface area contributed by atoms with Crippen LogP contribution in [0.5, 0.6) is 11.5 Å². The van der Waals surface area contributed by atoms with Crippen molar-refractivity contribution in [2.75, 3.05) is 26.7 Å². The number of methoxy groups -OCH3 is 1. The van der Waals surface area contributed by atoms with E-state index in [1.165, 1.54) is 43.6 Å². The van der Waals surface area contributed by atoms with Gasteiger partial charge in [0.2, 0.25) is 0 Å². The maximum absolute atomic E-state index is 5.99. The van der Waals surface area contributed by atoms with Gasteiger partial charge >= 0.3 is 0 Å². The summed E-state index contributed by atoms with van der Waals surface area (Å²) < 4.78 is 11.6. The Labute approximate surface area is 162 Å². The van der Waals surface area contributed by atoms with Crippen LogP contribution in [0.4, 0.5) is 0 Å². The molecule has 0 aliphatic carbocycles. The molecule has 4 nitrogen and oxygen atoms in total. The quantitative estimate of drug-likeness (QED) is 0.809. The van der Waals surface area contributed by atoms with Crippen molar-refractivity contribution in [3.05, 3.63) is 59.2 Å². The van der Waals surface area contributed by atoms with Gasteiger partial charge in [-0.25, -0.2) is 0 Å². The highest BCUT2D eigenvalue weighted by atomic mass is 16.5. The third kappa shape index (κ3) is 4.45. The lowest BCUT2D eigenvalue weighted by Crippen LogP contribution is -2.55. The van der Waals surface area contributed by atoms with Gasteiger partial charge in [0.1, 0.15) is 6.61 Å². The van der Waals surface area contributed by atoms with Gasteiger partial charge in [0.05, 0.1) is 7.11 Å². The molecule has 3 fully saturated rings. The van der Waals surface area contributed by atoms with E-state index in [2.05, 4.69) is 53.5 Å². The molecule has 144 valence electrons. The zero-order valence-electron chi connectivity index (χ0n) is 16.4. The fourth-order valence-electron chi connectivity index (χ4n) is 4.23. The predicted molar refractivity (Wildman–Crippen MR) is 108 cm³/mol. The first-order valence-corrected chi connectivity index (χ1v) is 10.0. The van der Waals surface area contributed by atoms with E-state index in [1.807, 2.05) is 6.07 Å². The third-order valence-corrected chi connectivity index (χ3v) is 5.97. The Morgan fingerprint density at radius 1 is 1.00 bits per heavy atom. The summed E-state index contributed by atoms with van der Waals surface area (Å²) in [6, 6.07) is 15.3. The molecule has 1 N–H and O–H groups in total. The standard InChI is InChI=1S/C23H30N2O2/c1-17-3-5-18(6-4-17)16-27-22-8-7-19(13-23(22)26-2)14-24-21-15-25-11-9-20(21)10-12-25/h3-8,13,20-21,24H,9-12,14-16H2,1-2H3. The lowest BCUT2D eigenvalue weighted by atomic mass is 9.84. The van der Waals surface area contributed by atoms with Crippen molar-refractivity contribution >= 4 is 0 Å². The Bertz CT molecular complexity index is 751. The largest absolute Gasteiger partial charge is 0.493 e. The predicted octanol–water partition coefficient (Wildman–Crippen LogP) is 3.77. The van der Waals surface area contributed by atoms with Gasteiger partial charge in [0.25, 0.3) is 0 Å². The molecule has 3 heterocycles. The van der Waals surface area contributed by atoms with Gasteiger partial charge in [-0.2, -0.15) is 0 Å². The van der Waals surface area contributed by atoms with E-state index >= 15 is 0 Å². The summed E-state index contributed by atoms with van der Waals surface area (Å²) in [5.74, 6) is 2.44. The van der Waals surface area contributed by atoms with Crippen molar-refractivity contribution in [2.24, 2.45) is 5.92 Å². The fourth-order valence-corrected chi connectivity index (χ4v) is 4.23. The zero-order chi connectivity index (χ0) is 18.6. The van der Waals surface area contributed by atoms with Gasteiger partial charge in [-0.3, -0.25) is 0 Å². The van der Waals surface area contributed by atoms with E-state index in [4.69, 9.17) is 9.47 Å². The van der Waals surface area contributed by atoms with Crippen molar-refractivity contribution in [3.63, 3.8) is 0 Å². The number of hydrogen-bond acceptors (Lipinski definition) is 4. The van der Waals surface area contributed by atoms with E-state index in [9.17, 15) is 0 Å². The van der Waals surface area contributed by atoms with Gasteiger partial charge < -0.3 is 19.7 Å². The highest BCUT2D eigenvalue weighted by Crippen LogP contribution is 2.30. The minimum absolute atomic E-state index is 0.549. The van der Waals surface area contributed by atoms with E-state index in [0.717, 1.165) is 29.5 Å². The molecule has 3 saturated heterocycles. The van der Waals surface area contributed by atoms with Crippen LogP contribution in [0.1, 0.15) is 29.5 Å². The lowest BCUT2D eigenvalue weighted by molar-refractivity contribution is 0.0720. The molecule has 0 amide bonds. The molecule has 2 aromatic rings. The Balaban J connectivity index is 1.35. The minimum atomic E-state index is 0.549. The molecular weight excluding hydrogens is 336 g/mol. The second kappa shape index (κ2) is 8.32. The number of ether oxygens (including phenoxy) is 2. The number of rotatable bonds is 7. The monoisotopic (exact) mass is 366 g/mol. The zero-order valence-corrected chi connectivity index (χ0v) is 16.4. The van der Waals surface area contributed by atoms with E-state index in [0.29, 0.717) is 12.6 Å². The molecule has 0 saturated carbocycles. The molecule has 0 aromatic heterocycles. The Kier molecular flexibility index (Phi) is 5.65. The second-order valence-corrected chi connectivity index (χ2v) is 7.88. The molecule has 27 heavy (non-hydrogen) atoms. The molecule has 2 aromatic carbocycles. The molecule has 0 radical (unpaired) electrons. The van der Waals surface area contributed by atoms with Crippen LogP contribution >= 0.6 is 0 Å². The SMILES string of the molecule is COc1cc(CNC2CN3CCC2CC3)ccc1OCc1ccc(C)cc1. The molecule has 0 spiro atoms. The summed E-state index contributed by atoms with van der Waals surface area (Å²) >= 11 is 0. The highest BCUT2D eigenvalue weighted by molar-refractivity contribution is 5.43. The average molecular weight is 367 g/mol. The molecule has 5 rings (SSSR count). The maximum atomic E-state index is 5.99. The number of piperidine rings is 3. The van der Waals surface area contributed by atoms with E-state index in [1.54, 1.807) is 7.11 Å². The maximum Gasteiger partial charge on any atom is 0.161 e. The van der Waals surface area contributed by atoms with E-state index < -0.39 is 0 Å². The number of nitrogens with one attached hydrogen (secondary N) is 1. The molecule has 4 heteroatoms. The second-order valence-electron chi connectivity index (χ2n) is 7.88. The first-order valence-electron chi connectivity index (χ1n) is 10.0. The van der Waals surface area contributed by atoms with Crippen LogP contribution in [0, 0.1) is 12.8 Å². The van der Waals surface area contributed by atoms with Crippen molar-refractivity contribution in [2.45, 2.75) is 39.0 Å². The highest BCUT2D eigenvalue weighted by Gasteiger charge is 2.33. The van der Waals surface area contributed by atoms with Crippen LogP contribution in [0.3, 0.4) is 0 Å². The topological polar surface area (TPSA) is 33.7 Å². The van der Waals surface area contributed by atoms with Crippen LogP contribution in [-0.2, 0) is 13.2 Å². The van der Waals surface area contributed by atoms with Crippen molar-refractivity contribution in [3.8, 4) is 11.5 Å². The van der Waals surface area contributed by atoms with Crippen LogP contribution in [0.25, 0.3) is 0 Å². The summed E-state index contributed by atoms with van der Waals surface area (Å²) in [6.45, 7) is 7.28. The summed E-state index contributed by atoms with van der Waals surface area (Å²) in [7, 11) is 1.71. The lowest BCUT2D eigenvalue weighted by Gasteiger charge is -2.45. The average Bonchev–Trinajstić information content (AvgIpc) is 2.73. The van der Waals surface area contributed by atoms with Gasteiger partial charge in [0.15, 0.2) is 11.5 Å². The first-order chi connectivity index (χ1) is 13.2. The van der Waals surface area contributed by atoms with Crippen molar-refractivity contribution < 1.29 is 9.47 Å². The van der Waals surface area contributed by atoms with Gasteiger partial charge in [-0.1, -0.05) is 35.9 Å². The molecule has 2 bridgehead atoms. The van der Waals surface area contributed by atoms with Crippen LogP contribution in [0.2, 0.25) is 0 Å². The molecule has 3 aliphatic rings. The van der Waals surface area contributed by atoms with Crippen LogP contribution < -0.4 is 14.8 Å². The van der Waals surface area contributed by atoms with Gasteiger partial charge in [-0.05, 0) is 62.0 Å². The Morgan fingerprint density at radius 3 is 2.41 bits per heavy atom. The van der Waals surface area contributed by atoms with E-state index in [-0.39, 0.29) is 0 Å². The summed E-state index contributed by atoms with van der Waals surface area (Å²) in [5.41, 5.74) is 3.66. The van der Waals surface area contributed by atoms with Gasteiger partial charge in [-0.15, -0.1) is 0 Å². The number of benzene rings is 2. The first kappa shape index (κ1) is 18.3. The smallest absolute Gasteiger partial charge is 0.161 e. The molecule has 3 aliphatic heterocycles. The van der Waals surface area contributed by atoms with Gasteiger partial charge in [0, 0.05) is 19.1 Å². The number of nitrogens with zero attached hydrogens (tertiary/aromatic N) is 1. The fraction of sp³-hybridized carbons (Fsp3) is 0.478. The summed E-state index contributed by atoms with van der Waals surface area (Å²) in [6.07, 6.45) is 2.68. The molecular formula is C23H30N2O2. The summed E-state index contributed by atoms with van der Waals surface area (Å²) in [4.78, 5) is 2.58. The van der Waals surface area contributed by atoms with Crippen LogP contribution in [0.15, 0.2) is 42.5 Å².